The van der Waals surface area contributed by atoms with Gasteiger partial charge in [-0.2, -0.15) is 0 Å². The average Bonchev–Trinajstić information content (AvgIpc) is 2.71. The van der Waals surface area contributed by atoms with Crippen LogP contribution in [0, 0.1) is 0 Å². The highest BCUT2D eigenvalue weighted by molar-refractivity contribution is 5.80. The maximum Gasteiger partial charge on any atom is 0.250 e. The molecule has 5 heteroatoms. The van der Waals surface area contributed by atoms with Gasteiger partial charge in [0.05, 0.1) is 18.8 Å². The minimum Gasteiger partial charge on any atom is -0.468 e. The van der Waals surface area contributed by atoms with E-state index >= 15 is 0 Å². The molecule has 78 valence electrons. The molecule has 0 saturated carbocycles. The van der Waals surface area contributed by atoms with Gasteiger partial charge in [0, 0.05) is 0 Å². The van der Waals surface area contributed by atoms with Crippen molar-refractivity contribution in [3.05, 3.63) is 24.2 Å². The number of carbonyl (C=O) groups excluding carboxylic acids is 1. The second kappa shape index (κ2) is 5.41. The quantitative estimate of drug-likeness (QED) is 0.356. The Morgan fingerprint density at radius 1 is 1.71 bits per heavy atom. The Balaban J connectivity index is 2.38. The van der Waals surface area contributed by atoms with Crippen LogP contribution >= 0.6 is 0 Å². The highest BCUT2D eigenvalue weighted by Gasteiger charge is 2.14. The first kappa shape index (κ1) is 10.7. The van der Waals surface area contributed by atoms with Crippen molar-refractivity contribution in [3.8, 4) is 0 Å². The zero-order chi connectivity index (χ0) is 10.4. The number of rotatable bonds is 5. The highest BCUT2D eigenvalue weighted by atomic mass is 16.3. The zero-order valence-electron chi connectivity index (χ0n) is 8.12. The van der Waals surface area contributed by atoms with Crippen molar-refractivity contribution in [2.45, 2.75) is 25.9 Å². The zero-order valence-corrected chi connectivity index (χ0v) is 8.12. The smallest absolute Gasteiger partial charge is 0.250 e. The number of furan rings is 1. The fourth-order valence-electron chi connectivity index (χ4n) is 1.16. The summed E-state index contributed by atoms with van der Waals surface area (Å²) in [5.74, 6) is 5.62. The molecule has 1 aromatic heterocycles. The summed E-state index contributed by atoms with van der Waals surface area (Å²) in [4.78, 5) is 11.2. The second-order valence-corrected chi connectivity index (χ2v) is 2.93. The van der Waals surface area contributed by atoms with E-state index in [1.165, 1.54) is 0 Å². The molecular formula is C9H15N3O2. The molecule has 4 N–H and O–H groups in total. The van der Waals surface area contributed by atoms with Crippen molar-refractivity contribution in [1.82, 2.24) is 10.7 Å². The Morgan fingerprint density at radius 2 is 2.50 bits per heavy atom. The molecule has 0 spiro atoms. The summed E-state index contributed by atoms with van der Waals surface area (Å²) in [6.07, 6.45) is 2.28. The predicted octanol–water partition coefficient (Wildman–Crippen LogP) is 0.138. The lowest BCUT2D eigenvalue weighted by molar-refractivity contribution is -0.123. The minimum atomic E-state index is -0.273. The fourth-order valence-corrected chi connectivity index (χ4v) is 1.16. The largest absolute Gasteiger partial charge is 0.468 e. The maximum absolute atomic E-state index is 11.2. The summed E-state index contributed by atoms with van der Waals surface area (Å²) in [5.41, 5.74) is 2.11. The first-order valence-electron chi connectivity index (χ1n) is 4.54. The molecule has 0 radical (unpaired) electrons. The summed E-state index contributed by atoms with van der Waals surface area (Å²) < 4.78 is 5.12. The van der Waals surface area contributed by atoms with Gasteiger partial charge in [-0.1, -0.05) is 6.92 Å². The first-order valence-corrected chi connectivity index (χ1v) is 4.54. The maximum atomic E-state index is 11.2. The van der Waals surface area contributed by atoms with Gasteiger partial charge in [0.15, 0.2) is 0 Å². The molecule has 0 fully saturated rings. The van der Waals surface area contributed by atoms with E-state index in [-0.39, 0.29) is 11.9 Å². The lowest BCUT2D eigenvalue weighted by Gasteiger charge is -2.13. The van der Waals surface area contributed by atoms with Gasteiger partial charge in [-0.15, -0.1) is 0 Å². The summed E-state index contributed by atoms with van der Waals surface area (Å²) in [5, 5.41) is 3.04. The van der Waals surface area contributed by atoms with Crippen molar-refractivity contribution in [1.29, 1.82) is 0 Å². The molecule has 0 aliphatic carbocycles. The molecule has 1 rings (SSSR count). The van der Waals surface area contributed by atoms with Gasteiger partial charge in [0.25, 0.3) is 5.91 Å². The standard InChI is InChI=1S/C9H15N3O2/c1-2-8(9(13)12-10)11-6-7-4-3-5-14-7/h3-5,8,11H,2,6,10H2,1H3,(H,12,13). The van der Waals surface area contributed by atoms with Crippen molar-refractivity contribution >= 4 is 5.91 Å². The molecule has 0 aromatic carbocycles. The number of amides is 1. The van der Waals surface area contributed by atoms with Crippen molar-refractivity contribution in [3.63, 3.8) is 0 Å². The third kappa shape index (κ3) is 2.86. The van der Waals surface area contributed by atoms with E-state index in [0.717, 1.165) is 5.76 Å². The van der Waals surface area contributed by atoms with Crippen LogP contribution in [-0.4, -0.2) is 11.9 Å². The summed E-state index contributed by atoms with van der Waals surface area (Å²) >= 11 is 0. The monoisotopic (exact) mass is 197 g/mol. The van der Waals surface area contributed by atoms with Gasteiger partial charge in [0.1, 0.15) is 5.76 Å². The van der Waals surface area contributed by atoms with E-state index in [1.807, 2.05) is 13.0 Å². The normalized spacial score (nSPS) is 12.4. The number of nitrogens with two attached hydrogens (primary N) is 1. The lowest BCUT2D eigenvalue weighted by atomic mass is 10.2. The van der Waals surface area contributed by atoms with Gasteiger partial charge < -0.3 is 4.42 Å². The molecule has 1 heterocycles. The van der Waals surface area contributed by atoms with Gasteiger partial charge in [-0.25, -0.2) is 5.84 Å². The number of carbonyl (C=O) groups is 1. The SMILES string of the molecule is CCC(NCc1ccco1)C(=O)NN. The van der Waals surface area contributed by atoms with Crippen molar-refractivity contribution in [2.75, 3.05) is 0 Å². The topological polar surface area (TPSA) is 80.3 Å². The molecular weight excluding hydrogens is 182 g/mol. The molecule has 1 aromatic rings. The molecule has 1 unspecified atom stereocenters. The van der Waals surface area contributed by atoms with Gasteiger partial charge in [0.2, 0.25) is 0 Å². The summed E-state index contributed by atoms with van der Waals surface area (Å²) in [6.45, 7) is 2.44. The van der Waals surface area contributed by atoms with E-state index in [1.54, 1.807) is 12.3 Å². The van der Waals surface area contributed by atoms with Crippen LogP contribution in [0.4, 0.5) is 0 Å². The van der Waals surface area contributed by atoms with E-state index < -0.39 is 0 Å². The van der Waals surface area contributed by atoms with Gasteiger partial charge >= 0.3 is 0 Å². The number of hydrazine groups is 1. The van der Waals surface area contributed by atoms with E-state index in [4.69, 9.17) is 10.3 Å². The summed E-state index contributed by atoms with van der Waals surface area (Å²) in [6, 6.07) is 3.38. The highest BCUT2D eigenvalue weighted by Crippen LogP contribution is 2.00. The molecule has 1 atom stereocenters. The van der Waals surface area contributed by atoms with Gasteiger partial charge in [-0.3, -0.25) is 15.5 Å². The number of hydrogen-bond donors (Lipinski definition) is 3. The number of nitrogens with one attached hydrogen (secondary N) is 2. The fraction of sp³-hybridized carbons (Fsp3) is 0.444. The molecule has 1 amide bonds. The molecule has 0 aliphatic rings. The Hall–Kier alpha value is -1.33. The average molecular weight is 197 g/mol. The van der Waals surface area contributed by atoms with Crippen molar-refractivity contribution < 1.29 is 9.21 Å². The van der Waals surface area contributed by atoms with Crippen LogP contribution in [0.1, 0.15) is 19.1 Å². The molecule has 0 saturated heterocycles. The van der Waals surface area contributed by atoms with Gasteiger partial charge in [-0.05, 0) is 18.6 Å². The molecule has 5 nitrogen and oxygen atoms in total. The van der Waals surface area contributed by atoms with E-state index in [9.17, 15) is 4.79 Å². The lowest BCUT2D eigenvalue weighted by Crippen LogP contribution is -2.46. The Labute approximate surface area is 82.6 Å². The van der Waals surface area contributed by atoms with Crippen LogP contribution in [0.3, 0.4) is 0 Å². The van der Waals surface area contributed by atoms with E-state index in [0.29, 0.717) is 13.0 Å². The van der Waals surface area contributed by atoms with Crippen LogP contribution in [0.5, 0.6) is 0 Å². The third-order valence-corrected chi connectivity index (χ3v) is 1.97. The third-order valence-electron chi connectivity index (χ3n) is 1.97. The molecule has 14 heavy (non-hydrogen) atoms. The first-order chi connectivity index (χ1) is 6.77. The van der Waals surface area contributed by atoms with Crippen LogP contribution in [-0.2, 0) is 11.3 Å². The Bertz CT molecular complexity index is 272. The predicted molar refractivity (Wildman–Crippen MR) is 52.0 cm³/mol. The van der Waals surface area contributed by atoms with Crippen LogP contribution in [0.15, 0.2) is 22.8 Å². The van der Waals surface area contributed by atoms with Crippen LogP contribution < -0.4 is 16.6 Å². The summed E-state index contributed by atoms with van der Waals surface area (Å²) in [7, 11) is 0. The minimum absolute atomic E-state index is 0.209. The van der Waals surface area contributed by atoms with Crippen molar-refractivity contribution in [2.24, 2.45) is 5.84 Å². The number of hydrogen-bond acceptors (Lipinski definition) is 4. The Kier molecular flexibility index (Phi) is 4.15. The molecule has 0 aliphatic heterocycles. The Morgan fingerprint density at radius 3 is 3.00 bits per heavy atom. The van der Waals surface area contributed by atoms with Crippen LogP contribution in [0.2, 0.25) is 0 Å². The second-order valence-electron chi connectivity index (χ2n) is 2.93. The molecule has 0 bridgehead atoms. The van der Waals surface area contributed by atoms with E-state index in [2.05, 4.69) is 10.7 Å². The van der Waals surface area contributed by atoms with Crippen LogP contribution in [0.25, 0.3) is 0 Å².